The third kappa shape index (κ3) is 1.32. The molecule has 1 N–H and O–H groups in total. The molecule has 0 bridgehead atoms. The smallest absolute Gasteiger partial charge is 0.139 e. The molecule has 2 aromatic rings. The van der Waals surface area contributed by atoms with Gasteiger partial charge in [0.25, 0.3) is 0 Å². The van der Waals surface area contributed by atoms with E-state index in [0.29, 0.717) is 12.2 Å². The number of rotatable bonds is 0. The van der Waals surface area contributed by atoms with Gasteiger partial charge >= 0.3 is 0 Å². The van der Waals surface area contributed by atoms with Crippen molar-refractivity contribution in [3.8, 4) is 0 Å². The molecule has 0 amide bonds. The van der Waals surface area contributed by atoms with E-state index in [0.717, 1.165) is 16.9 Å². The van der Waals surface area contributed by atoms with Gasteiger partial charge in [0, 0.05) is 17.5 Å². The van der Waals surface area contributed by atoms with Crippen molar-refractivity contribution in [1.82, 2.24) is 0 Å². The van der Waals surface area contributed by atoms with E-state index in [9.17, 15) is 5.11 Å². The molecule has 0 saturated heterocycles. The van der Waals surface area contributed by atoms with E-state index in [4.69, 9.17) is 8.83 Å². The highest BCUT2D eigenvalue weighted by Gasteiger charge is 2.19. The predicted octanol–water partition coefficient (Wildman–Crippen LogP) is 2.63. The molecule has 0 fully saturated rings. The third-order valence-corrected chi connectivity index (χ3v) is 2.64. The molecule has 1 aliphatic carbocycles. The summed E-state index contributed by atoms with van der Waals surface area (Å²) < 4.78 is 10.6. The molecule has 0 aliphatic heterocycles. The number of furan rings is 2. The Morgan fingerprint density at radius 3 is 2.93 bits per heavy atom. The van der Waals surface area contributed by atoms with Crippen molar-refractivity contribution in [1.29, 1.82) is 0 Å². The molecular formula is C12H10O3. The van der Waals surface area contributed by atoms with Crippen LogP contribution in [0.5, 0.6) is 0 Å². The van der Waals surface area contributed by atoms with Crippen molar-refractivity contribution < 1.29 is 13.9 Å². The second-order valence-corrected chi connectivity index (χ2v) is 3.60. The Morgan fingerprint density at radius 1 is 1.13 bits per heavy atom. The zero-order chi connectivity index (χ0) is 10.3. The van der Waals surface area contributed by atoms with Gasteiger partial charge in [-0.3, -0.25) is 0 Å². The zero-order valence-corrected chi connectivity index (χ0v) is 8.01. The van der Waals surface area contributed by atoms with Crippen LogP contribution in [0.1, 0.15) is 28.8 Å². The highest BCUT2D eigenvalue weighted by atomic mass is 16.4. The quantitative estimate of drug-likeness (QED) is 0.714. The summed E-state index contributed by atoms with van der Waals surface area (Å²) in [4.78, 5) is 0. The fraction of sp³-hybridized carbons (Fsp3) is 0.167. The second-order valence-electron chi connectivity index (χ2n) is 3.60. The van der Waals surface area contributed by atoms with Crippen LogP contribution in [0.15, 0.2) is 33.5 Å². The lowest BCUT2D eigenvalue weighted by molar-refractivity contribution is 0.149. The van der Waals surface area contributed by atoms with E-state index in [-0.39, 0.29) is 0 Å². The van der Waals surface area contributed by atoms with E-state index in [1.807, 2.05) is 24.3 Å². The van der Waals surface area contributed by atoms with E-state index >= 15 is 0 Å². The number of hydrogen-bond donors (Lipinski definition) is 1. The van der Waals surface area contributed by atoms with Gasteiger partial charge in [-0.15, -0.1) is 0 Å². The minimum absolute atomic E-state index is 0.524. The topological polar surface area (TPSA) is 46.5 Å². The minimum atomic E-state index is -0.601. The predicted molar refractivity (Wildman–Crippen MR) is 55.0 cm³/mol. The lowest BCUT2D eigenvalue weighted by Gasteiger charge is -2.10. The van der Waals surface area contributed by atoms with Crippen LogP contribution in [0, 0.1) is 0 Å². The van der Waals surface area contributed by atoms with Crippen molar-refractivity contribution in [3.05, 3.63) is 47.3 Å². The van der Waals surface area contributed by atoms with E-state index in [1.165, 1.54) is 0 Å². The zero-order valence-electron chi connectivity index (χ0n) is 8.01. The van der Waals surface area contributed by atoms with Gasteiger partial charge < -0.3 is 13.9 Å². The Hall–Kier alpha value is -1.74. The highest BCUT2D eigenvalue weighted by Crippen LogP contribution is 2.29. The van der Waals surface area contributed by atoms with Gasteiger partial charge in [-0.1, -0.05) is 0 Å². The molecule has 76 valence electrons. The Kier molecular flexibility index (Phi) is 1.79. The molecule has 0 saturated carbocycles. The maximum atomic E-state index is 9.95. The molecule has 2 aromatic heterocycles. The molecule has 0 aromatic carbocycles. The van der Waals surface area contributed by atoms with E-state index in [2.05, 4.69) is 0 Å². The third-order valence-electron chi connectivity index (χ3n) is 2.64. The van der Waals surface area contributed by atoms with Gasteiger partial charge in [-0.05, 0) is 24.3 Å². The van der Waals surface area contributed by atoms with Crippen LogP contribution in [0.25, 0.3) is 12.2 Å². The summed E-state index contributed by atoms with van der Waals surface area (Å²) in [6.45, 7) is 0. The monoisotopic (exact) mass is 202 g/mol. The lowest BCUT2D eigenvalue weighted by atomic mass is 10.0. The fourth-order valence-electron chi connectivity index (χ4n) is 1.87. The number of hydrogen-bond acceptors (Lipinski definition) is 3. The van der Waals surface area contributed by atoms with E-state index in [1.54, 1.807) is 12.5 Å². The summed E-state index contributed by atoms with van der Waals surface area (Å²) in [7, 11) is 0. The first-order valence-electron chi connectivity index (χ1n) is 4.84. The normalized spacial score (nSPS) is 21.3. The van der Waals surface area contributed by atoms with Gasteiger partial charge in [0.2, 0.25) is 0 Å². The summed E-state index contributed by atoms with van der Waals surface area (Å²) in [5, 5.41) is 9.95. The first-order valence-corrected chi connectivity index (χ1v) is 4.84. The number of fused-ring (bicyclic) bond motifs is 2. The molecule has 0 radical (unpaired) electrons. The van der Waals surface area contributed by atoms with Crippen LogP contribution < -0.4 is 0 Å². The second kappa shape index (κ2) is 3.14. The average molecular weight is 202 g/mol. The van der Waals surface area contributed by atoms with Crippen LogP contribution in [0.3, 0.4) is 0 Å². The SMILES string of the molecule is OC1Cc2ccoc2/C=C\c2ccoc21. The molecular weight excluding hydrogens is 192 g/mol. The van der Waals surface area contributed by atoms with Crippen LogP contribution in [-0.2, 0) is 6.42 Å². The average Bonchev–Trinajstić information content (AvgIpc) is 2.81. The molecule has 1 atom stereocenters. The van der Waals surface area contributed by atoms with Crippen molar-refractivity contribution in [2.45, 2.75) is 12.5 Å². The Morgan fingerprint density at radius 2 is 2.00 bits per heavy atom. The lowest BCUT2D eigenvalue weighted by Crippen LogP contribution is -2.03. The minimum Gasteiger partial charge on any atom is -0.466 e. The van der Waals surface area contributed by atoms with Crippen molar-refractivity contribution in [2.24, 2.45) is 0 Å². The summed E-state index contributed by atoms with van der Waals surface area (Å²) in [6.07, 6.45) is 6.94. The maximum absolute atomic E-state index is 9.95. The van der Waals surface area contributed by atoms with Gasteiger partial charge in [0.15, 0.2) is 0 Å². The van der Waals surface area contributed by atoms with Crippen LogP contribution in [-0.4, -0.2) is 5.11 Å². The maximum Gasteiger partial charge on any atom is 0.139 e. The van der Waals surface area contributed by atoms with Gasteiger partial charge in [0.1, 0.15) is 17.6 Å². The fourth-order valence-corrected chi connectivity index (χ4v) is 1.87. The van der Waals surface area contributed by atoms with Gasteiger partial charge in [-0.2, -0.15) is 0 Å². The molecule has 0 spiro atoms. The van der Waals surface area contributed by atoms with Crippen LogP contribution >= 0.6 is 0 Å². The molecule has 3 rings (SSSR count). The molecule has 3 nitrogen and oxygen atoms in total. The molecule has 3 heteroatoms. The molecule has 1 aliphatic rings. The van der Waals surface area contributed by atoms with Crippen molar-refractivity contribution in [3.63, 3.8) is 0 Å². The van der Waals surface area contributed by atoms with Crippen molar-refractivity contribution in [2.75, 3.05) is 0 Å². The Labute approximate surface area is 86.6 Å². The Bertz CT molecular complexity index is 504. The summed E-state index contributed by atoms with van der Waals surface area (Å²) in [6, 6.07) is 3.71. The number of aliphatic hydroxyl groups is 1. The van der Waals surface area contributed by atoms with E-state index < -0.39 is 6.10 Å². The van der Waals surface area contributed by atoms with Gasteiger partial charge in [0.05, 0.1) is 12.5 Å². The molecule has 1 unspecified atom stereocenters. The first kappa shape index (κ1) is 8.56. The van der Waals surface area contributed by atoms with Crippen LogP contribution in [0.2, 0.25) is 0 Å². The van der Waals surface area contributed by atoms with Crippen molar-refractivity contribution >= 4 is 12.2 Å². The summed E-state index contributed by atoms with van der Waals surface area (Å²) in [5.74, 6) is 1.43. The molecule has 15 heavy (non-hydrogen) atoms. The van der Waals surface area contributed by atoms with Gasteiger partial charge in [-0.25, -0.2) is 0 Å². The highest BCUT2D eigenvalue weighted by molar-refractivity contribution is 5.70. The first-order chi connectivity index (χ1) is 7.34. The summed E-state index contributed by atoms with van der Waals surface area (Å²) in [5.41, 5.74) is 1.91. The van der Waals surface area contributed by atoms with Crippen LogP contribution in [0.4, 0.5) is 0 Å². The Balaban J connectivity index is 2.14. The standard InChI is InChI=1S/C12H10O3/c13-10-7-9-4-5-14-11(9)2-1-8-3-6-15-12(8)10/h1-6,10,13H,7H2/b2-1-. The summed E-state index contributed by atoms with van der Waals surface area (Å²) >= 11 is 0. The number of aliphatic hydroxyl groups excluding tert-OH is 1. The largest absolute Gasteiger partial charge is 0.466 e. The molecule has 2 heterocycles.